The van der Waals surface area contributed by atoms with Gasteiger partial charge in [-0.3, -0.25) is 9.69 Å². The molecule has 0 spiro atoms. The standard InChI is InChI=1S/C21H30N4O/c1-21(2,3)17-8-6-16(7-9-17)20(26)24(5)18-10-11-25(13-18)14-19-12-22-15-23(19)4/h6-9,12,15,18H,10-11,13-14H2,1-5H3. The average Bonchev–Trinajstić information content (AvgIpc) is 3.23. The highest BCUT2D eigenvalue weighted by Crippen LogP contribution is 2.23. The van der Waals surface area contributed by atoms with E-state index in [0.29, 0.717) is 0 Å². The van der Waals surface area contributed by atoms with Gasteiger partial charge in [-0.05, 0) is 29.5 Å². The lowest BCUT2D eigenvalue weighted by molar-refractivity contribution is 0.0734. The van der Waals surface area contributed by atoms with E-state index < -0.39 is 0 Å². The molecule has 1 aromatic heterocycles. The second-order valence-corrected chi connectivity index (χ2v) is 8.42. The minimum Gasteiger partial charge on any atom is -0.337 e. The number of aromatic nitrogens is 2. The largest absolute Gasteiger partial charge is 0.337 e. The number of amides is 1. The Morgan fingerprint density at radius 2 is 1.96 bits per heavy atom. The van der Waals surface area contributed by atoms with E-state index in [9.17, 15) is 4.79 Å². The summed E-state index contributed by atoms with van der Waals surface area (Å²) in [6.07, 6.45) is 4.76. The highest BCUT2D eigenvalue weighted by atomic mass is 16.2. The zero-order valence-electron chi connectivity index (χ0n) is 16.6. The molecule has 2 aromatic rings. The fourth-order valence-corrected chi connectivity index (χ4v) is 3.52. The minimum atomic E-state index is 0.102. The van der Waals surface area contributed by atoms with Crippen LogP contribution in [-0.4, -0.2) is 51.4 Å². The van der Waals surface area contributed by atoms with Gasteiger partial charge in [0, 0.05) is 51.5 Å². The molecule has 1 amide bonds. The third kappa shape index (κ3) is 3.98. The molecule has 140 valence electrons. The summed E-state index contributed by atoms with van der Waals surface area (Å²) < 4.78 is 2.05. The van der Waals surface area contributed by atoms with Crippen molar-refractivity contribution < 1.29 is 4.79 Å². The first-order valence-electron chi connectivity index (χ1n) is 9.31. The van der Waals surface area contributed by atoms with E-state index in [1.54, 1.807) is 0 Å². The molecule has 0 radical (unpaired) electrons. The first kappa shape index (κ1) is 18.6. The third-order valence-corrected chi connectivity index (χ3v) is 5.42. The van der Waals surface area contributed by atoms with Gasteiger partial charge in [0.25, 0.3) is 5.91 Å². The lowest BCUT2D eigenvalue weighted by atomic mass is 9.86. The lowest BCUT2D eigenvalue weighted by Crippen LogP contribution is -2.39. The number of nitrogens with zero attached hydrogens (tertiary/aromatic N) is 4. The van der Waals surface area contributed by atoms with Crippen molar-refractivity contribution in [3.63, 3.8) is 0 Å². The fraction of sp³-hybridized carbons (Fsp3) is 0.524. The molecule has 0 N–H and O–H groups in total. The number of imidazole rings is 1. The van der Waals surface area contributed by atoms with Gasteiger partial charge in [-0.25, -0.2) is 4.98 Å². The maximum atomic E-state index is 12.9. The molecule has 0 bridgehead atoms. The highest BCUT2D eigenvalue weighted by molar-refractivity contribution is 5.94. The van der Waals surface area contributed by atoms with Crippen LogP contribution in [0.15, 0.2) is 36.8 Å². The summed E-state index contributed by atoms with van der Waals surface area (Å²) in [6.45, 7) is 9.36. The molecule has 3 rings (SSSR count). The van der Waals surface area contributed by atoms with Crippen molar-refractivity contribution in [1.29, 1.82) is 0 Å². The number of likely N-dealkylation sites (tertiary alicyclic amines) is 1. The maximum absolute atomic E-state index is 12.9. The van der Waals surface area contributed by atoms with E-state index in [2.05, 4.69) is 47.4 Å². The van der Waals surface area contributed by atoms with E-state index in [4.69, 9.17) is 0 Å². The van der Waals surface area contributed by atoms with Crippen LogP contribution >= 0.6 is 0 Å². The van der Waals surface area contributed by atoms with Gasteiger partial charge in [-0.2, -0.15) is 0 Å². The van der Waals surface area contributed by atoms with Gasteiger partial charge in [0.05, 0.1) is 12.0 Å². The zero-order valence-corrected chi connectivity index (χ0v) is 16.6. The summed E-state index contributed by atoms with van der Waals surface area (Å²) in [6, 6.07) is 8.33. The second-order valence-electron chi connectivity index (χ2n) is 8.42. The molecule has 1 aromatic carbocycles. The van der Waals surface area contributed by atoms with Crippen LogP contribution in [0.3, 0.4) is 0 Å². The molecule has 1 atom stereocenters. The van der Waals surface area contributed by atoms with Crippen LogP contribution < -0.4 is 0 Å². The summed E-state index contributed by atoms with van der Waals surface area (Å²) in [5.41, 5.74) is 3.33. The Hall–Kier alpha value is -2.14. The van der Waals surface area contributed by atoms with Gasteiger partial charge in [-0.15, -0.1) is 0 Å². The first-order chi connectivity index (χ1) is 12.3. The molecule has 1 aliphatic heterocycles. The first-order valence-corrected chi connectivity index (χ1v) is 9.31. The molecule has 0 saturated carbocycles. The number of hydrogen-bond donors (Lipinski definition) is 0. The summed E-state index contributed by atoms with van der Waals surface area (Å²) in [5.74, 6) is 0.109. The Morgan fingerprint density at radius 1 is 1.27 bits per heavy atom. The Morgan fingerprint density at radius 3 is 2.54 bits per heavy atom. The molecule has 1 saturated heterocycles. The van der Waals surface area contributed by atoms with Crippen LogP contribution in [0.1, 0.15) is 48.8 Å². The van der Waals surface area contributed by atoms with Crippen molar-refractivity contribution in [2.24, 2.45) is 7.05 Å². The van der Waals surface area contributed by atoms with Crippen molar-refractivity contribution in [3.8, 4) is 0 Å². The number of aryl methyl sites for hydroxylation is 1. The van der Waals surface area contributed by atoms with Crippen molar-refractivity contribution in [2.45, 2.75) is 45.2 Å². The third-order valence-electron chi connectivity index (χ3n) is 5.42. The predicted molar refractivity (Wildman–Crippen MR) is 104 cm³/mol. The van der Waals surface area contributed by atoms with Gasteiger partial charge < -0.3 is 9.47 Å². The van der Waals surface area contributed by atoms with Crippen LogP contribution in [0.5, 0.6) is 0 Å². The van der Waals surface area contributed by atoms with E-state index in [1.165, 1.54) is 11.3 Å². The van der Waals surface area contributed by atoms with Gasteiger partial charge in [0.2, 0.25) is 0 Å². The molecule has 1 fully saturated rings. The van der Waals surface area contributed by atoms with Crippen LogP contribution in [-0.2, 0) is 19.0 Å². The van der Waals surface area contributed by atoms with Crippen LogP contribution in [0.2, 0.25) is 0 Å². The van der Waals surface area contributed by atoms with E-state index in [0.717, 1.165) is 31.6 Å². The summed E-state index contributed by atoms with van der Waals surface area (Å²) in [4.78, 5) is 21.4. The number of hydrogen-bond acceptors (Lipinski definition) is 3. The molecule has 1 unspecified atom stereocenters. The second kappa shape index (κ2) is 7.23. The quantitative estimate of drug-likeness (QED) is 0.847. The summed E-state index contributed by atoms with van der Waals surface area (Å²) in [7, 11) is 3.95. The Bertz CT molecular complexity index is 757. The molecular weight excluding hydrogens is 324 g/mol. The topological polar surface area (TPSA) is 41.4 Å². The average molecular weight is 354 g/mol. The Labute approximate surface area is 156 Å². The maximum Gasteiger partial charge on any atom is 0.253 e. The highest BCUT2D eigenvalue weighted by Gasteiger charge is 2.29. The molecule has 5 heteroatoms. The minimum absolute atomic E-state index is 0.102. The van der Waals surface area contributed by atoms with Crippen molar-refractivity contribution in [1.82, 2.24) is 19.4 Å². The molecule has 0 aliphatic carbocycles. The molecular formula is C21H30N4O. The van der Waals surface area contributed by atoms with Gasteiger partial charge >= 0.3 is 0 Å². The number of likely N-dealkylation sites (N-methyl/N-ethyl adjacent to an activating group) is 1. The lowest BCUT2D eigenvalue weighted by Gasteiger charge is -2.26. The van der Waals surface area contributed by atoms with Crippen LogP contribution in [0, 0.1) is 0 Å². The number of carbonyl (C=O) groups excluding carboxylic acids is 1. The molecule has 5 nitrogen and oxygen atoms in total. The monoisotopic (exact) mass is 354 g/mol. The number of carbonyl (C=O) groups is 1. The predicted octanol–water partition coefficient (Wildman–Crippen LogP) is 3.06. The van der Waals surface area contributed by atoms with E-state index in [-0.39, 0.29) is 17.4 Å². The number of rotatable bonds is 4. The van der Waals surface area contributed by atoms with Gasteiger partial charge in [-0.1, -0.05) is 32.9 Å². The zero-order chi connectivity index (χ0) is 18.9. The van der Waals surface area contributed by atoms with E-state index >= 15 is 0 Å². The smallest absolute Gasteiger partial charge is 0.253 e. The van der Waals surface area contributed by atoms with Crippen molar-refractivity contribution >= 4 is 5.91 Å². The molecule has 26 heavy (non-hydrogen) atoms. The van der Waals surface area contributed by atoms with Gasteiger partial charge in [0.15, 0.2) is 0 Å². The van der Waals surface area contributed by atoms with Gasteiger partial charge in [0.1, 0.15) is 0 Å². The van der Waals surface area contributed by atoms with Crippen LogP contribution in [0.4, 0.5) is 0 Å². The Kier molecular flexibility index (Phi) is 5.19. The van der Waals surface area contributed by atoms with Crippen LogP contribution in [0.25, 0.3) is 0 Å². The SMILES string of the molecule is CN(C(=O)c1ccc(C(C)(C)C)cc1)C1CCN(Cc2cncn2C)C1. The molecule has 2 heterocycles. The van der Waals surface area contributed by atoms with Crippen molar-refractivity contribution in [2.75, 3.05) is 20.1 Å². The number of benzene rings is 1. The normalized spacial score (nSPS) is 18.3. The fourth-order valence-electron chi connectivity index (χ4n) is 3.52. The summed E-state index contributed by atoms with van der Waals surface area (Å²) in [5, 5.41) is 0. The summed E-state index contributed by atoms with van der Waals surface area (Å²) >= 11 is 0. The molecule has 1 aliphatic rings. The van der Waals surface area contributed by atoms with E-state index in [1.807, 2.05) is 43.7 Å². The Balaban J connectivity index is 1.61. The van der Waals surface area contributed by atoms with Crippen molar-refractivity contribution in [3.05, 3.63) is 53.6 Å².